The molecule has 15 heavy (non-hydrogen) atoms. The fourth-order valence-electron chi connectivity index (χ4n) is 1.36. The van der Waals surface area contributed by atoms with Gasteiger partial charge in [-0.1, -0.05) is 6.07 Å². The van der Waals surface area contributed by atoms with Crippen molar-refractivity contribution in [2.75, 3.05) is 0 Å². The predicted molar refractivity (Wildman–Crippen MR) is 66.9 cm³/mol. The lowest BCUT2D eigenvalue weighted by molar-refractivity contribution is 0.720. The first-order valence-corrected chi connectivity index (χ1v) is 6.32. The van der Waals surface area contributed by atoms with Crippen LogP contribution in [0.4, 0.5) is 0 Å². The van der Waals surface area contributed by atoms with Gasteiger partial charge in [-0.3, -0.25) is 4.98 Å². The summed E-state index contributed by atoms with van der Waals surface area (Å²) in [5, 5.41) is 2.05. The molecule has 2 N–H and O–H groups in total. The highest BCUT2D eigenvalue weighted by atomic mass is 79.9. The molecule has 0 aromatic carbocycles. The fourth-order valence-corrected chi connectivity index (χ4v) is 2.32. The number of hydrogen-bond acceptors (Lipinski definition) is 3. The van der Waals surface area contributed by atoms with E-state index in [-0.39, 0.29) is 6.04 Å². The van der Waals surface area contributed by atoms with Crippen molar-refractivity contribution in [3.05, 3.63) is 50.9 Å². The third-order valence-corrected chi connectivity index (χ3v) is 3.60. The number of nitrogens with zero attached hydrogens (tertiary/aromatic N) is 1. The molecule has 0 saturated carbocycles. The molecule has 0 aliphatic heterocycles. The molecule has 0 spiro atoms. The number of nitrogens with two attached hydrogens (primary N) is 1. The molecule has 1 atom stereocenters. The SMILES string of the molecule is NC(Cc1ccc(Br)cn1)c1cccs1. The van der Waals surface area contributed by atoms with Gasteiger partial charge in [0.1, 0.15) is 0 Å². The van der Waals surface area contributed by atoms with Crippen LogP contribution in [0.1, 0.15) is 16.6 Å². The Morgan fingerprint density at radius 1 is 1.40 bits per heavy atom. The van der Waals surface area contributed by atoms with Crippen LogP contribution < -0.4 is 5.73 Å². The van der Waals surface area contributed by atoms with E-state index in [2.05, 4.69) is 27.0 Å². The highest BCUT2D eigenvalue weighted by Crippen LogP contribution is 2.20. The molecule has 0 fully saturated rings. The smallest absolute Gasteiger partial charge is 0.0445 e. The second-order valence-electron chi connectivity index (χ2n) is 3.29. The summed E-state index contributed by atoms with van der Waals surface area (Å²) >= 11 is 5.05. The summed E-state index contributed by atoms with van der Waals surface area (Å²) in [6.45, 7) is 0. The lowest BCUT2D eigenvalue weighted by Crippen LogP contribution is -2.12. The summed E-state index contributed by atoms with van der Waals surface area (Å²) in [6, 6.07) is 8.13. The number of aromatic nitrogens is 1. The first-order chi connectivity index (χ1) is 7.25. The Morgan fingerprint density at radius 2 is 2.27 bits per heavy atom. The fraction of sp³-hybridized carbons (Fsp3) is 0.182. The number of pyridine rings is 1. The van der Waals surface area contributed by atoms with Crippen molar-refractivity contribution in [3.63, 3.8) is 0 Å². The Morgan fingerprint density at radius 3 is 2.87 bits per heavy atom. The van der Waals surface area contributed by atoms with Gasteiger partial charge in [-0.05, 0) is 39.5 Å². The van der Waals surface area contributed by atoms with Crippen molar-refractivity contribution >= 4 is 27.3 Å². The zero-order chi connectivity index (χ0) is 10.7. The van der Waals surface area contributed by atoms with Gasteiger partial charge in [-0.15, -0.1) is 11.3 Å². The molecule has 0 aliphatic carbocycles. The standard InChI is InChI=1S/C11H11BrN2S/c12-8-3-4-9(14-7-8)6-10(13)11-2-1-5-15-11/h1-5,7,10H,6,13H2. The Labute approximate surface area is 101 Å². The molecule has 0 amide bonds. The molecule has 1 unspecified atom stereocenters. The zero-order valence-electron chi connectivity index (χ0n) is 8.06. The molecule has 4 heteroatoms. The van der Waals surface area contributed by atoms with Crippen LogP contribution in [0.15, 0.2) is 40.3 Å². The van der Waals surface area contributed by atoms with Crippen LogP contribution in [0, 0.1) is 0 Å². The Hall–Kier alpha value is -0.710. The maximum atomic E-state index is 6.07. The highest BCUT2D eigenvalue weighted by molar-refractivity contribution is 9.10. The van der Waals surface area contributed by atoms with Crippen LogP contribution >= 0.6 is 27.3 Å². The molecule has 78 valence electrons. The van der Waals surface area contributed by atoms with Crippen molar-refractivity contribution in [3.8, 4) is 0 Å². The Balaban J connectivity index is 2.06. The van der Waals surface area contributed by atoms with Gasteiger partial charge in [-0.2, -0.15) is 0 Å². The largest absolute Gasteiger partial charge is 0.323 e. The minimum atomic E-state index is 0.0543. The van der Waals surface area contributed by atoms with E-state index in [0.717, 1.165) is 16.6 Å². The van der Waals surface area contributed by atoms with Gasteiger partial charge in [0.15, 0.2) is 0 Å². The summed E-state index contributed by atoms with van der Waals surface area (Å²) in [7, 11) is 0. The lowest BCUT2D eigenvalue weighted by atomic mass is 10.1. The van der Waals surface area contributed by atoms with Crippen LogP contribution in [-0.2, 0) is 6.42 Å². The first-order valence-electron chi connectivity index (χ1n) is 4.65. The molecule has 0 saturated heterocycles. The quantitative estimate of drug-likeness (QED) is 0.939. The van der Waals surface area contributed by atoms with Gasteiger partial charge in [-0.25, -0.2) is 0 Å². The normalized spacial score (nSPS) is 12.7. The highest BCUT2D eigenvalue weighted by Gasteiger charge is 2.08. The first kappa shape index (κ1) is 10.8. The van der Waals surface area contributed by atoms with Gasteiger partial charge < -0.3 is 5.73 Å². The van der Waals surface area contributed by atoms with Crippen molar-refractivity contribution in [2.45, 2.75) is 12.5 Å². The molecule has 0 radical (unpaired) electrons. The third kappa shape index (κ3) is 2.87. The van der Waals surface area contributed by atoms with Gasteiger partial charge in [0.2, 0.25) is 0 Å². The van der Waals surface area contributed by atoms with Crippen molar-refractivity contribution < 1.29 is 0 Å². The van der Waals surface area contributed by atoms with Crippen LogP contribution in [0.2, 0.25) is 0 Å². The summed E-state index contributed by atoms with van der Waals surface area (Å²) in [6.07, 6.45) is 2.59. The molecule has 0 aliphatic rings. The van der Waals surface area contributed by atoms with E-state index >= 15 is 0 Å². The minimum absolute atomic E-state index is 0.0543. The molecule has 2 nitrogen and oxygen atoms in total. The minimum Gasteiger partial charge on any atom is -0.323 e. The number of thiophene rings is 1. The van der Waals surface area contributed by atoms with Crippen molar-refractivity contribution in [1.82, 2.24) is 4.98 Å². The monoisotopic (exact) mass is 282 g/mol. The molecular weight excluding hydrogens is 272 g/mol. The summed E-state index contributed by atoms with van der Waals surface area (Å²) < 4.78 is 0.996. The maximum Gasteiger partial charge on any atom is 0.0445 e. The summed E-state index contributed by atoms with van der Waals surface area (Å²) in [4.78, 5) is 5.51. The Bertz CT molecular complexity index is 411. The average Bonchev–Trinajstić information content (AvgIpc) is 2.74. The van der Waals surface area contributed by atoms with Crippen LogP contribution in [0.3, 0.4) is 0 Å². The second-order valence-corrected chi connectivity index (χ2v) is 5.19. The summed E-state index contributed by atoms with van der Waals surface area (Å²) in [5.41, 5.74) is 7.10. The van der Waals surface area contributed by atoms with Crippen LogP contribution in [0.25, 0.3) is 0 Å². The van der Waals surface area contributed by atoms with Gasteiger partial charge in [0.05, 0.1) is 0 Å². The number of rotatable bonds is 3. The third-order valence-electron chi connectivity index (χ3n) is 2.13. The Kier molecular flexibility index (Phi) is 3.51. The number of hydrogen-bond donors (Lipinski definition) is 1. The van der Waals surface area contributed by atoms with Crippen LogP contribution in [-0.4, -0.2) is 4.98 Å². The number of halogens is 1. The molecule has 2 rings (SSSR count). The molecule has 2 heterocycles. The molecule has 0 bridgehead atoms. The maximum absolute atomic E-state index is 6.07. The van der Waals surface area contributed by atoms with E-state index in [1.807, 2.05) is 23.6 Å². The molecule has 2 aromatic heterocycles. The molecular formula is C11H11BrN2S. The van der Waals surface area contributed by atoms with E-state index in [4.69, 9.17) is 5.73 Å². The van der Waals surface area contributed by atoms with E-state index in [1.54, 1.807) is 17.5 Å². The van der Waals surface area contributed by atoms with Crippen molar-refractivity contribution in [1.29, 1.82) is 0 Å². The predicted octanol–water partition coefficient (Wildman–Crippen LogP) is 3.15. The van der Waals surface area contributed by atoms with E-state index in [1.165, 1.54) is 4.88 Å². The topological polar surface area (TPSA) is 38.9 Å². The zero-order valence-corrected chi connectivity index (χ0v) is 10.5. The van der Waals surface area contributed by atoms with E-state index in [0.29, 0.717) is 0 Å². The van der Waals surface area contributed by atoms with Gasteiger partial charge in [0, 0.05) is 33.7 Å². The molecule has 2 aromatic rings. The van der Waals surface area contributed by atoms with E-state index < -0.39 is 0 Å². The van der Waals surface area contributed by atoms with Crippen molar-refractivity contribution in [2.24, 2.45) is 5.73 Å². The second kappa shape index (κ2) is 4.88. The van der Waals surface area contributed by atoms with E-state index in [9.17, 15) is 0 Å². The van der Waals surface area contributed by atoms with Gasteiger partial charge >= 0.3 is 0 Å². The van der Waals surface area contributed by atoms with Crippen LogP contribution in [0.5, 0.6) is 0 Å². The summed E-state index contributed by atoms with van der Waals surface area (Å²) in [5.74, 6) is 0. The average molecular weight is 283 g/mol. The van der Waals surface area contributed by atoms with Gasteiger partial charge in [0.25, 0.3) is 0 Å². The lowest BCUT2D eigenvalue weighted by Gasteiger charge is -2.08.